The van der Waals surface area contributed by atoms with Crippen LogP contribution in [0.1, 0.15) is 102 Å². The predicted molar refractivity (Wildman–Crippen MR) is 144 cm³/mol. The Bertz CT molecular complexity index is 839. The Kier molecular flexibility index (Phi) is 14.4. The quantitative estimate of drug-likeness (QED) is 0.0923. The van der Waals surface area contributed by atoms with Crippen molar-refractivity contribution in [3.05, 3.63) is 66.4 Å². The summed E-state index contributed by atoms with van der Waals surface area (Å²) in [7, 11) is 0. The Hall–Kier alpha value is -2.75. The van der Waals surface area contributed by atoms with Crippen molar-refractivity contribution in [1.29, 1.82) is 0 Å². The zero-order chi connectivity index (χ0) is 25.1. The molecule has 0 spiro atoms. The van der Waals surface area contributed by atoms with Gasteiger partial charge < -0.3 is 14.2 Å². The molecule has 2 rings (SSSR count). The van der Waals surface area contributed by atoms with Gasteiger partial charge in [0, 0.05) is 0 Å². The van der Waals surface area contributed by atoms with Crippen LogP contribution in [0.2, 0.25) is 0 Å². The minimum atomic E-state index is -0.394. The van der Waals surface area contributed by atoms with Gasteiger partial charge >= 0.3 is 5.97 Å². The normalized spacial score (nSPS) is 12.0. The predicted octanol–water partition coefficient (Wildman–Crippen LogP) is 9.14. The summed E-state index contributed by atoms with van der Waals surface area (Å²) < 4.78 is 16.9. The summed E-state index contributed by atoms with van der Waals surface area (Å²) in [5, 5.41) is 0. The van der Waals surface area contributed by atoms with Crippen LogP contribution in [-0.4, -0.2) is 12.6 Å². The Balaban J connectivity index is 1.66. The molecule has 2 aromatic rings. The maximum Gasteiger partial charge on any atom is 0.343 e. The first-order valence-electron chi connectivity index (χ1n) is 13.5. The first-order valence-corrected chi connectivity index (χ1v) is 13.5. The maximum atomic E-state index is 12.5. The van der Waals surface area contributed by atoms with Gasteiger partial charge in [-0.3, -0.25) is 0 Å². The molecule has 0 aliphatic rings. The number of carbonyl (C=O) groups excluding carboxylic acids is 1. The van der Waals surface area contributed by atoms with Crippen LogP contribution in [-0.2, 0) is 0 Å². The molecule has 2 aromatic carbocycles. The van der Waals surface area contributed by atoms with Crippen LogP contribution >= 0.6 is 0 Å². The van der Waals surface area contributed by atoms with E-state index in [1.807, 2.05) is 12.1 Å². The zero-order valence-corrected chi connectivity index (χ0v) is 22.0. The fourth-order valence-corrected chi connectivity index (χ4v) is 3.67. The number of hydrogen-bond donors (Lipinski definition) is 0. The van der Waals surface area contributed by atoms with Gasteiger partial charge in [0.05, 0.1) is 18.4 Å². The Labute approximate surface area is 212 Å². The second kappa shape index (κ2) is 17.7. The van der Waals surface area contributed by atoms with Gasteiger partial charge in [-0.2, -0.15) is 0 Å². The van der Waals surface area contributed by atoms with Crippen LogP contribution in [0.3, 0.4) is 0 Å². The molecule has 4 heteroatoms. The van der Waals surface area contributed by atoms with E-state index in [0.717, 1.165) is 24.5 Å². The zero-order valence-electron chi connectivity index (χ0n) is 22.0. The van der Waals surface area contributed by atoms with Crippen LogP contribution in [0.25, 0.3) is 0 Å². The van der Waals surface area contributed by atoms with E-state index >= 15 is 0 Å². The molecule has 35 heavy (non-hydrogen) atoms. The van der Waals surface area contributed by atoms with E-state index in [0.29, 0.717) is 23.7 Å². The lowest BCUT2D eigenvalue weighted by molar-refractivity contribution is 0.0734. The average molecular weight is 481 g/mol. The molecule has 0 fully saturated rings. The number of rotatable bonds is 18. The van der Waals surface area contributed by atoms with Gasteiger partial charge in [-0.15, -0.1) is 0 Å². The fraction of sp³-hybridized carbons (Fsp3) is 0.516. The average Bonchev–Trinajstić information content (AvgIpc) is 2.88. The Morgan fingerprint density at radius 1 is 0.800 bits per heavy atom. The summed E-state index contributed by atoms with van der Waals surface area (Å²) in [6, 6.07) is 14.2. The molecule has 192 valence electrons. The van der Waals surface area contributed by atoms with Crippen LogP contribution in [0.5, 0.6) is 17.2 Å². The van der Waals surface area contributed by atoms with Gasteiger partial charge in [0.2, 0.25) is 0 Å². The van der Waals surface area contributed by atoms with Crippen LogP contribution < -0.4 is 14.2 Å². The number of hydrogen-bond acceptors (Lipinski definition) is 4. The van der Waals surface area contributed by atoms with Crippen molar-refractivity contribution >= 4 is 5.97 Å². The third kappa shape index (κ3) is 12.5. The minimum absolute atomic E-state index is 0.394. The maximum absolute atomic E-state index is 12.5. The van der Waals surface area contributed by atoms with E-state index in [9.17, 15) is 4.79 Å². The Morgan fingerprint density at radius 2 is 1.46 bits per heavy atom. The largest absolute Gasteiger partial charge is 0.494 e. The molecule has 0 aliphatic carbocycles. The topological polar surface area (TPSA) is 44.8 Å². The number of carbonyl (C=O) groups is 1. The molecule has 0 aromatic heterocycles. The summed E-state index contributed by atoms with van der Waals surface area (Å²) >= 11 is 0. The highest BCUT2D eigenvalue weighted by Gasteiger charge is 2.09. The molecule has 0 radical (unpaired) electrons. The molecule has 0 heterocycles. The molecular weight excluding hydrogens is 436 g/mol. The van der Waals surface area contributed by atoms with Gasteiger partial charge in [-0.05, 0) is 79.8 Å². The van der Waals surface area contributed by atoms with Crippen LogP contribution in [0.15, 0.2) is 60.9 Å². The molecule has 0 aliphatic heterocycles. The summed E-state index contributed by atoms with van der Waals surface area (Å²) in [6.07, 6.45) is 17.2. The first kappa shape index (κ1) is 28.5. The number of benzene rings is 2. The molecule has 1 atom stereocenters. The van der Waals surface area contributed by atoms with Crippen molar-refractivity contribution in [3.8, 4) is 17.2 Å². The van der Waals surface area contributed by atoms with Gasteiger partial charge in [0.1, 0.15) is 17.2 Å². The lowest BCUT2D eigenvalue weighted by Gasteiger charge is -2.09. The molecule has 0 saturated heterocycles. The monoisotopic (exact) mass is 480 g/mol. The molecular formula is C31H44O4. The van der Waals surface area contributed by atoms with Crippen molar-refractivity contribution in [2.75, 3.05) is 6.61 Å². The third-order valence-corrected chi connectivity index (χ3v) is 6.21. The molecule has 0 saturated carbocycles. The lowest BCUT2D eigenvalue weighted by atomic mass is 10.0. The van der Waals surface area contributed by atoms with Gasteiger partial charge in [-0.25, -0.2) is 4.79 Å². The molecule has 1 unspecified atom stereocenters. The lowest BCUT2D eigenvalue weighted by Crippen LogP contribution is -2.08. The number of unbranched alkanes of at least 4 members (excludes halogenated alkanes) is 7. The standard InChI is InChI=1S/C31H44O4/c1-4-6-7-8-9-10-13-24-33-28-18-16-27(17-19-28)31(32)35-30-22-20-29(21-23-30)34-25-14-11-12-15-26(3)5-2/h13,16-24,26H,4-12,14-15,25H2,1-3H3. The van der Waals surface area contributed by atoms with Gasteiger partial charge in [-0.1, -0.05) is 72.1 Å². The highest BCUT2D eigenvalue weighted by Crippen LogP contribution is 2.20. The molecule has 0 N–H and O–H groups in total. The molecule has 0 amide bonds. The molecule has 4 nitrogen and oxygen atoms in total. The van der Waals surface area contributed by atoms with Crippen molar-refractivity contribution in [3.63, 3.8) is 0 Å². The van der Waals surface area contributed by atoms with E-state index < -0.39 is 5.97 Å². The second-order valence-corrected chi connectivity index (χ2v) is 9.29. The van der Waals surface area contributed by atoms with Gasteiger partial charge in [0.25, 0.3) is 0 Å². The summed E-state index contributed by atoms with van der Waals surface area (Å²) in [6.45, 7) is 7.49. The summed E-state index contributed by atoms with van der Waals surface area (Å²) in [5.41, 5.74) is 0.481. The van der Waals surface area contributed by atoms with Crippen molar-refractivity contribution in [2.45, 2.75) is 91.4 Å². The van der Waals surface area contributed by atoms with Crippen LogP contribution in [0, 0.1) is 5.92 Å². The van der Waals surface area contributed by atoms with E-state index in [-0.39, 0.29) is 0 Å². The summed E-state index contributed by atoms with van der Waals surface area (Å²) in [4.78, 5) is 12.5. The summed E-state index contributed by atoms with van der Waals surface area (Å²) in [5.74, 6) is 2.41. The van der Waals surface area contributed by atoms with Gasteiger partial charge in [0.15, 0.2) is 0 Å². The highest BCUT2D eigenvalue weighted by molar-refractivity contribution is 5.91. The SMILES string of the molecule is CCCCCCCC=COc1ccc(C(=O)Oc2ccc(OCCCCCC(C)CC)cc2)cc1. The number of esters is 1. The highest BCUT2D eigenvalue weighted by atomic mass is 16.5. The van der Waals surface area contributed by atoms with E-state index in [2.05, 4.69) is 26.8 Å². The van der Waals surface area contributed by atoms with Crippen LogP contribution in [0.4, 0.5) is 0 Å². The van der Waals surface area contributed by atoms with E-state index in [1.54, 1.807) is 42.7 Å². The first-order chi connectivity index (χ1) is 17.1. The fourth-order valence-electron chi connectivity index (χ4n) is 3.67. The second-order valence-electron chi connectivity index (χ2n) is 9.29. The van der Waals surface area contributed by atoms with Crippen molar-refractivity contribution in [2.24, 2.45) is 5.92 Å². The molecule has 0 bridgehead atoms. The number of allylic oxidation sites excluding steroid dienone is 1. The third-order valence-electron chi connectivity index (χ3n) is 6.21. The Morgan fingerprint density at radius 3 is 2.17 bits per heavy atom. The van der Waals surface area contributed by atoms with Crippen molar-refractivity contribution in [1.82, 2.24) is 0 Å². The number of ether oxygens (including phenoxy) is 3. The van der Waals surface area contributed by atoms with E-state index in [1.165, 1.54) is 57.8 Å². The van der Waals surface area contributed by atoms with Crippen molar-refractivity contribution < 1.29 is 19.0 Å². The smallest absolute Gasteiger partial charge is 0.343 e. The van der Waals surface area contributed by atoms with E-state index in [4.69, 9.17) is 14.2 Å². The minimum Gasteiger partial charge on any atom is -0.494 e.